The summed E-state index contributed by atoms with van der Waals surface area (Å²) in [5.41, 5.74) is 5.86. The number of hydrogen-bond acceptors (Lipinski definition) is 4. The lowest BCUT2D eigenvalue weighted by molar-refractivity contribution is 0.136. The summed E-state index contributed by atoms with van der Waals surface area (Å²) in [4.78, 5) is -0.0666. The molecule has 0 spiro atoms. The molecule has 118 valence electrons. The van der Waals surface area contributed by atoms with E-state index in [0.717, 1.165) is 25.7 Å². The Morgan fingerprint density at radius 1 is 1.29 bits per heavy atom. The Morgan fingerprint density at radius 2 is 1.95 bits per heavy atom. The Balaban J connectivity index is 2.11. The number of anilines is 1. The molecule has 0 heterocycles. The van der Waals surface area contributed by atoms with Gasteiger partial charge in [-0.05, 0) is 36.8 Å². The van der Waals surface area contributed by atoms with E-state index in [1.54, 1.807) is 6.07 Å². The molecule has 7 heteroatoms. The molecular formula is C14H21ClN2O3S. The van der Waals surface area contributed by atoms with Crippen molar-refractivity contribution in [1.29, 1.82) is 0 Å². The van der Waals surface area contributed by atoms with Crippen molar-refractivity contribution in [3.8, 4) is 0 Å². The molecule has 2 atom stereocenters. The zero-order valence-corrected chi connectivity index (χ0v) is 13.3. The lowest BCUT2D eigenvalue weighted by Gasteiger charge is -2.30. The Morgan fingerprint density at radius 3 is 2.57 bits per heavy atom. The Bertz CT molecular complexity index is 572. The van der Waals surface area contributed by atoms with E-state index in [-0.39, 0.29) is 34.0 Å². The number of halogens is 1. The predicted octanol–water partition coefficient (Wildman–Crippen LogP) is 2.00. The van der Waals surface area contributed by atoms with E-state index in [9.17, 15) is 13.5 Å². The highest BCUT2D eigenvalue weighted by molar-refractivity contribution is 7.89. The van der Waals surface area contributed by atoms with Crippen LogP contribution in [0.4, 0.5) is 5.69 Å². The molecule has 2 rings (SSSR count). The number of hydrogen-bond donors (Lipinski definition) is 3. The van der Waals surface area contributed by atoms with Crippen LogP contribution in [-0.2, 0) is 10.0 Å². The van der Waals surface area contributed by atoms with Gasteiger partial charge < -0.3 is 10.8 Å². The van der Waals surface area contributed by atoms with E-state index in [2.05, 4.69) is 4.72 Å². The molecule has 1 saturated carbocycles. The van der Waals surface area contributed by atoms with Crippen LogP contribution >= 0.6 is 11.6 Å². The number of aliphatic hydroxyl groups is 1. The average Bonchev–Trinajstić information content (AvgIpc) is 2.45. The van der Waals surface area contributed by atoms with Gasteiger partial charge in [-0.25, -0.2) is 13.1 Å². The van der Waals surface area contributed by atoms with Crippen molar-refractivity contribution in [2.24, 2.45) is 11.8 Å². The Hall–Kier alpha value is -0.820. The van der Waals surface area contributed by atoms with Crippen LogP contribution in [0.3, 0.4) is 0 Å². The molecule has 2 unspecified atom stereocenters. The van der Waals surface area contributed by atoms with Crippen LogP contribution in [0, 0.1) is 11.8 Å². The number of nitrogen functional groups attached to an aromatic ring is 1. The van der Waals surface area contributed by atoms with E-state index >= 15 is 0 Å². The van der Waals surface area contributed by atoms with Gasteiger partial charge in [0, 0.05) is 13.2 Å². The van der Waals surface area contributed by atoms with Crippen LogP contribution in [-0.4, -0.2) is 26.7 Å². The summed E-state index contributed by atoms with van der Waals surface area (Å²) >= 11 is 5.95. The van der Waals surface area contributed by atoms with Crippen molar-refractivity contribution < 1.29 is 13.5 Å². The predicted molar refractivity (Wildman–Crippen MR) is 83.6 cm³/mol. The first-order valence-electron chi connectivity index (χ1n) is 7.10. The minimum Gasteiger partial charge on any atom is -0.398 e. The molecule has 0 aromatic heterocycles. The summed E-state index contributed by atoms with van der Waals surface area (Å²) in [6.45, 7) is 0.402. The zero-order chi connectivity index (χ0) is 15.5. The van der Waals surface area contributed by atoms with E-state index < -0.39 is 10.0 Å². The highest BCUT2D eigenvalue weighted by Gasteiger charge is 2.27. The first kappa shape index (κ1) is 16.5. The maximum Gasteiger partial charge on any atom is 0.244 e. The first-order chi connectivity index (χ1) is 9.95. The molecule has 1 aliphatic carbocycles. The standard InChI is InChI=1S/C14H21ClN2O3S/c15-12-6-3-7-13(16)14(12)21(19,20)17-8-10-4-1-2-5-11(10)9-18/h3,6-7,10-11,17-18H,1-2,4-5,8-9,16H2. The molecule has 21 heavy (non-hydrogen) atoms. The minimum absolute atomic E-state index is 0.0666. The second-order valence-electron chi connectivity index (χ2n) is 5.50. The number of aliphatic hydroxyl groups excluding tert-OH is 1. The molecule has 5 nitrogen and oxygen atoms in total. The third kappa shape index (κ3) is 3.88. The van der Waals surface area contributed by atoms with Gasteiger partial charge in [-0.1, -0.05) is 30.5 Å². The van der Waals surface area contributed by atoms with E-state index in [4.69, 9.17) is 17.3 Å². The van der Waals surface area contributed by atoms with Gasteiger partial charge in [0.05, 0.1) is 10.7 Å². The lowest BCUT2D eigenvalue weighted by Crippen LogP contribution is -2.35. The fourth-order valence-corrected chi connectivity index (χ4v) is 4.66. The molecule has 0 radical (unpaired) electrons. The Labute approximate surface area is 130 Å². The number of sulfonamides is 1. The van der Waals surface area contributed by atoms with Gasteiger partial charge in [-0.2, -0.15) is 0 Å². The van der Waals surface area contributed by atoms with Crippen LogP contribution in [0.1, 0.15) is 25.7 Å². The molecule has 1 aromatic rings. The van der Waals surface area contributed by atoms with E-state index in [0.29, 0.717) is 6.54 Å². The fraction of sp³-hybridized carbons (Fsp3) is 0.571. The van der Waals surface area contributed by atoms with Gasteiger partial charge in [0.1, 0.15) is 4.90 Å². The average molecular weight is 333 g/mol. The normalized spacial score (nSPS) is 23.1. The lowest BCUT2D eigenvalue weighted by atomic mass is 9.80. The molecule has 0 aliphatic heterocycles. The van der Waals surface area contributed by atoms with E-state index in [1.807, 2.05) is 0 Å². The van der Waals surface area contributed by atoms with E-state index in [1.165, 1.54) is 12.1 Å². The van der Waals surface area contributed by atoms with Crippen LogP contribution in [0.15, 0.2) is 23.1 Å². The highest BCUT2D eigenvalue weighted by atomic mass is 35.5. The quantitative estimate of drug-likeness (QED) is 0.719. The number of nitrogens with one attached hydrogen (secondary N) is 1. The summed E-state index contributed by atoms with van der Waals surface area (Å²) in [6.07, 6.45) is 4.02. The molecule has 1 aromatic carbocycles. The molecule has 1 fully saturated rings. The van der Waals surface area contributed by atoms with Gasteiger partial charge in [-0.15, -0.1) is 0 Å². The van der Waals surface area contributed by atoms with Crippen molar-refractivity contribution >= 4 is 27.3 Å². The number of nitrogens with two attached hydrogens (primary N) is 1. The SMILES string of the molecule is Nc1cccc(Cl)c1S(=O)(=O)NCC1CCCCC1CO. The van der Waals surface area contributed by atoms with Crippen LogP contribution < -0.4 is 10.5 Å². The third-order valence-electron chi connectivity index (χ3n) is 4.10. The van der Waals surface area contributed by atoms with Crippen LogP contribution in [0.25, 0.3) is 0 Å². The molecule has 1 aliphatic rings. The molecular weight excluding hydrogens is 312 g/mol. The molecule has 0 saturated heterocycles. The summed E-state index contributed by atoms with van der Waals surface area (Å²) in [7, 11) is -3.74. The summed E-state index contributed by atoms with van der Waals surface area (Å²) in [5, 5.41) is 9.49. The molecule has 4 N–H and O–H groups in total. The number of benzene rings is 1. The largest absolute Gasteiger partial charge is 0.398 e. The third-order valence-corrected chi connectivity index (χ3v) is 6.07. The van der Waals surface area contributed by atoms with Gasteiger partial charge in [0.15, 0.2) is 0 Å². The zero-order valence-electron chi connectivity index (χ0n) is 11.8. The fourth-order valence-electron chi connectivity index (χ4n) is 2.89. The first-order valence-corrected chi connectivity index (χ1v) is 8.96. The minimum atomic E-state index is -3.74. The number of rotatable bonds is 5. The second kappa shape index (κ2) is 6.96. The maximum absolute atomic E-state index is 12.4. The smallest absolute Gasteiger partial charge is 0.244 e. The van der Waals surface area contributed by atoms with Gasteiger partial charge in [-0.3, -0.25) is 0 Å². The van der Waals surface area contributed by atoms with Crippen LogP contribution in [0.5, 0.6) is 0 Å². The van der Waals surface area contributed by atoms with Crippen molar-refractivity contribution in [3.63, 3.8) is 0 Å². The topological polar surface area (TPSA) is 92.4 Å². The van der Waals surface area contributed by atoms with Gasteiger partial charge in [0.2, 0.25) is 10.0 Å². The van der Waals surface area contributed by atoms with Gasteiger partial charge in [0.25, 0.3) is 0 Å². The van der Waals surface area contributed by atoms with Gasteiger partial charge >= 0.3 is 0 Å². The summed E-state index contributed by atoms with van der Waals surface area (Å²) in [6, 6.07) is 4.63. The molecule has 0 amide bonds. The molecule has 0 bridgehead atoms. The maximum atomic E-state index is 12.4. The van der Waals surface area contributed by atoms with Crippen molar-refractivity contribution in [2.45, 2.75) is 30.6 Å². The van der Waals surface area contributed by atoms with Crippen molar-refractivity contribution in [3.05, 3.63) is 23.2 Å². The second-order valence-corrected chi connectivity index (χ2v) is 7.61. The monoisotopic (exact) mass is 332 g/mol. The summed E-state index contributed by atoms with van der Waals surface area (Å²) < 4.78 is 27.3. The van der Waals surface area contributed by atoms with Crippen molar-refractivity contribution in [2.75, 3.05) is 18.9 Å². The van der Waals surface area contributed by atoms with Crippen molar-refractivity contribution in [1.82, 2.24) is 4.72 Å². The summed E-state index contributed by atoms with van der Waals surface area (Å²) in [5.74, 6) is 0.312. The highest BCUT2D eigenvalue weighted by Crippen LogP contribution is 2.31. The van der Waals surface area contributed by atoms with Crippen LogP contribution in [0.2, 0.25) is 5.02 Å². The Kier molecular flexibility index (Phi) is 5.48.